The second kappa shape index (κ2) is 3.05. The van der Waals surface area contributed by atoms with Gasteiger partial charge in [-0.05, 0) is 23.8 Å². The van der Waals surface area contributed by atoms with Crippen molar-refractivity contribution < 1.29 is 9.84 Å². The molecule has 0 bridgehead atoms. The summed E-state index contributed by atoms with van der Waals surface area (Å²) in [6.07, 6.45) is 1.20. The largest absolute Gasteiger partial charge is 0.504 e. The summed E-state index contributed by atoms with van der Waals surface area (Å²) in [5.74, 6) is 0.490. The van der Waals surface area contributed by atoms with Gasteiger partial charge in [-0.25, -0.2) is 0 Å². The Morgan fingerprint density at radius 2 is 2.27 bits per heavy atom. The van der Waals surface area contributed by atoms with E-state index in [1.807, 2.05) is 0 Å². The Balaban J connectivity index is 3.12. The van der Waals surface area contributed by atoms with E-state index in [9.17, 15) is 0 Å². The van der Waals surface area contributed by atoms with Gasteiger partial charge in [-0.2, -0.15) is 0 Å². The predicted octanol–water partition coefficient (Wildman–Crippen LogP) is 1.40. The Bertz CT molecular complexity index is 271. The maximum absolute atomic E-state index is 9.13. The Kier molecular flexibility index (Phi) is 2.11. The van der Waals surface area contributed by atoms with Crippen LogP contribution in [0.15, 0.2) is 18.2 Å². The topological polar surface area (TPSA) is 53.3 Å². The third kappa shape index (κ3) is 1.49. The third-order valence-corrected chi connectivity index (χ3v) is 1.37. The zero-order valence-corrected chi connectivity index (χ0v) is 6.16. The van der Waals surface area contributed by atoms with E-state index in [0.717, 1.165) is 0 Å². The predicted molar refractivity (Wildman–Crippen MR) is 42.5 cm³/mol. The van der Waals surface area contributed by atoms with Crippen LogP contribution in [0.4, 0.5) is 0 Å². The molecule has 1 aromatic rings. The molecule has 0 radical (unpaired) electrons. The molecule has 0 saturated carbocycles. The van der Waals surface area contributed by atoms with E-state index in [0.29, 0.717) is 11.3 Å². The first-order chi connectivity index (χ1) is 5.27. The summed E-state index contributed by atoms with van der Waals surface area (Å²) in [7, 11) is 1.47. The van der Waals surface area contributed by atoms with Crippen molar-refractivity contribution in [1.29, 1.82) is 5.41 Å². The van der Waals surface area contributed by atoms with Gasteiger partial charge in [0.05, 0.1) is 7.11 Å². The van der Waals surface area contributed by atoms with Crippen molar-refractivity contribution in [2.45, 2.75) is 0 Å². The van der Waals surface area contributed by atoms with Crippen LogP contribution >= 0.6 is 0 Å². The SMILES string of the molecule is COc1cc(C=N)ccc1O. The molecule has 0 amide bonds. The Morgan fingerprint density at radius 3 is 2.82 bits per heavy atom. The molecule has 11 heavy (non-hydrogen) atoms. The first-order valence-corrected chi connectivity index (χ1v) is 3.15. The number of rotatable bonds is 2. The number of hydrogen-bond acceptors (Lipinski definition) is 3. The standard InChI is InChI=1S/C8H9NO2/c1-11-8-4-6(5-9)2-3-7(8)10/h2-5,9-10H,1H3. The van der Waals surface area contributed by atoms with Crippen LogP contribution < -0.4 is 4.74 Å². The third-order valence-electron chi connectivity index (χ3n) is 1.37. The first-order valence-electron chi connectivity index (χ1n) is 3.15. The van der Waals surface area contributed by atoms with E-state index in [-0.39, 0.29) is 5.75 Å². The molecule has 3 nitrogen and oxygen atoms in total. The Morgan fingerprint density at radius 1 is 1.55 bits per heavy atom. The van der Waals surface area contributed by atoms with Gasteiger partial charge in [0.15, 0.2) is 11.5 Å². The molecule has 58 valence electrons. The maximum atomic E-state index is 9.13. The molecule has 1 rings (SSSR count). The average Bonchev–Trinajstić information content (AvgIpc) is 2.05. The lowest BCUT2D eigenvalue weighted by Crippen LogP contribution is -1.85. The van der Waals surface area contributed by atoms with E-state index in [1.54, 1.807) is 12.1 Å². The number of nitrogens with one attached hydrogen (secondary N) is 1. The summed E-state index contributed by atoms with van der Waals surface area (Å²) in [5.41, 5.74) is 0.708. The molecular formula is C8H9NO2. The fraction of sp³-hybridized carbons (Fsp3) is 0.125. The highest BCUT2D eigenvalue weighted by Crippen LogP contribution is 2.25. The molecule has 0 saturated heterocycles. The van der Waals surface area contributed by atoms with E-state index in [1.165, 1.54) is 19.4 Å². The van der Waals surface area contributed by atoms with Gasteiger partial charge in [-0.3, -0.25) is 0 Å². The molecule has 0 aliphatic heterocycles. The summed E-state index contributed by atoms with van der Waals surface area (Å²) in [6.45, 7) is 0. The normalized spacial score (nSPS) is 9.18. The minimum atomic E-state index is 0.0955. The minimum absolute atomic E-state index is 0.0955. The number of methoxy groups -OCH3 is 1. The first kappa shape index (κ1) is 7.60. The van der Waals surface area contributed by atoms with Gasteiger partial charge >= 0.3 is 0 Å². The van der Waals surface area contributed by atoms with Crippen molar-refractivity contribution in [2.24, 2.45) is 0 Å². The van der Waals surface area contributed by atoms with Crippen molar-refractivity contribution in [3.63, 3.8) is 0 Å². The van der Waals surface area contributed by atoms with E-state index in [2.05, 4.69) is 0 Å². The molecule has 0 atom stereocenters. The Hall–Kier alpha value is -1.51. The van der Waals surface area contributed by atoms with Gasteiger partial charge in [-0.15, -0.1) is 0 Å². The summed E-state index contributed by atoms with van der Waals surface area (Å²) in [4.78, 5) is 0. The number of hydrogen-bond donors (Lipinski definition) is 2. The van der Waals surface area contributed by atoms with Gasteiger partial charge < -0.3 is 15.3 Å². The van der Waals surface area contributed by atoms with E-state index < -0.39 is 0 Å². The van der Waals surface area contributed by atoms with Crippen LogP contribution in [0.3, 0.4) is 0 Å². The van der Waals surface area contributed by atoms with E-state index in [4.69, 9.17) is 15.3 Å². The number of benzene rings is 1. The summed E-state index contributed by atoms with van der Waals surface area (Å²) >= 11 is 0. The fourth-order valence-electron chi connectivity index (χ4n) is 0.784. The van der Waals surface area contributed by atoms with Crippen molar-refractivity contribution in [3.05, 3.63) is 23.8 Å². The highest BCUT2D eigenvalue weighted by atomic mass is 16.5. The molecule has 2 N–H and O–H groups in total. The molecule has 0 fully saturated rings. The van der Waals surface area contributed by atoms with Gasteiger partial charge in [0.1, 0.15) is 0 Å². The Labute approximate surface area is 64.8 Å². The summed E-state index contributed by atoms with van der Waals surface area (Å²) < 4.78 is 4.83. The molecule has 3 heteroatoms. The zero-order chi connectivity index (χ0) is 8.27. The molecule has 0 heterocycles. The zero-order valence-electron chi connectivity index (χ0n) is 6.16. The van der Waals surface area contributed by atoms with Crippen molar-refractivity contribution >= 4 is 6.21 Å². The van der Waals surface area contributed by atoms with Gasteiger partial charge in [0, 0.05) is 6.21 Å². The minimum Gasteiger partial charge on any atom is -0.504 e. The molecule has 0 aromatic heterocycles. The van der Waals surface area contributed by atoms with Crippen molar-refractivity contribution in [2.75, 3.05) is 7.11 Å². The molecule has 0 unspecified atom stereocenters. The highest BCUT2D eigenvalue weighted by molar-refractivity contribution is 5.78. The lowest BCUT2D eigenvalue weighted by molar-refractivity contribution is 0.373. The average molecular weight is 151 g/mol. The summed E-state index contributed by atoms with van der Waals surface area (Å²) in [5, 5.41) is 16.1. The van der Waals surface area contributed by atoms with Gasteiger partial charge in [0.25, 0.3) is 0 Å². The van der Waals surface area contributed by atoms with Crippen LogP contribution in [0.5, 0.6) is 11.5 Å². The van der Waals surface area contributed by atoms with E-state index >= 15 is 0 Å². The van der Waals surface area contributed by atoms with Crippen molar-refractivity contribution in [3.8, 4) is 11.5 Å². The molecule has 0 aliphatic rings. The second-order valence-electron chi connectivity index (χ2n) is 2.08. The molecule has 1 aromatic carbocycles. The fourth-order valence-corrected chi connectivity index (χ4v) is 0.784. The number of phenols is 1. The maximum Gasteiger partial charge on any atom is 0.161 e. The van der Waals surface area contributed by atoms with Crippen LogP contribution in [0.1, 0.15) is 5.56 Å². The van der Waals surface area contributed by atoms with Crippen LogP contribution in [0.25, 0.3) is 0 Å². The van der Waals surface area contributed by atoms with Gasteiger partial charge in [0.2, 0.25) is 0 Å². The number of aromatic hydroxyl groups is 1. The monoisotopic (exact) mass is 151 g/mol. The molecule has 0 spiro atoms. The second-order valence-corrected chi connectivity index (χ2v) is 2.08. The number of ether oxygens (including phenoxy) is 1. The molecule has 0 aliphatic carbocycles. The van der Waals surface area contributed by atoms with Gasteiger partial charge in [-0.1, -0.05) is 0 Å². The smallest absolute Gasteiger partial charge is 0.161 e. The van der Waals surface area contributed by atoms with Crippen LogP contribution in [-0.4, -0.2) is 18.4 Å². The molecular weight excluding hydrogens is 142 g/mol. The van der Waals surface area contributed by atoms with Crippen molar-refractivity contribution in [1.82, 2.24) is 0 Å². The number of phenolic OH excluding ortho intramolecular Hbond substituents is 1. The van der Waals surface area contributed by atoms with Crippen LogP contribution in [-0.2, 0) is 0 Å². The summed E-state index contributed by atoms with van der Waals surface area (Å²) in [6, 6.07) is 4.74. The van der Waals surface area contributed by atoms with Crippen LogP contribution in [0.2, 0.25) is 0 Å². The quantitative estimate of drug-likeness (QED) is 0.627. The van der Waals surface area contributed by atoms with Crippen LogP contribution in [0, 0.1) is 5.41 Å². The lowest BCUT2D eigenvalue weighted by Gasteiger charge is -2.02. The lowest BCUT2D eigenvalue weighted by atomic mass is 10.2. The highest BCUT2D eigenvalue weighted by Gasteiger charge is 1.99.